The van der Waals surface area contributed by atoms with Crippen molar-refractivity contribution in [2.24, 2.45) is 0 Å². The number of benzene rings is 8. The van der Waals surface area contributed by atoms with Crippen molar-refractivity contribution in [1.82, 2.24) is 9.13 Å². The summed E-state index contributed by atoms with van der Waals surface area (Å²) in [5.74, 6) is 0.441. The molecule has 2 heterocycles. The van der Waals surface area contributed by atoms with Gasteiger partial charge >= 0.3 is 0 Å². The second-order valence-electron chi connectivity index (χ2n) is 15.3. The number of aromatic nitrogens is 2. The first kappa shape index (κ1) is 33.2. The molecular weight excluding hydrogens is 689 g/mol. The molecule has 8 aromatic carbocycles. The minimum atomic E-state index is 0.441. The van der Waals surface area contributed by atoms with Crippen LogP contribution in [-0.4, -0.2) is 9.13 Å². The van der Waals surface area contributed by atoms with Gasteiger partial charge in [0.15, 0.2) is 0 Å². The molecule has 57 heavy (non-hydrogen) atoms. The number of rotatable bonds is 6. The van der Waals surface area contributed by atoms with Gasteiger partial charge in [-0.2, -0.15) is 0 Å². The maximum absolute atomic E-state index is 2.49. The molecule has 0 saturated heterocycles. The fourth-order valence-electron chi connectivity index (χ4n) is 9.30. The Bertz CT molecular complexity index is 3090. The average molecular weight is 729 g/mol. The lowest BCUT2D eigenvalue weighted by atomic mass is 9.87. The summed E-state index contributed by atoms with van der Waals surface area (Å²) in [6, 6.07) is 71.1. The van der Waals surface area contributed by atoms with Crippen LogP contribution in [0, 0.1) is 0 Å². The van der Waals surface area contributed by atoms with Crippen molar-refractivity contribution in [3.05, 3.63) is 211 Å². The van der Waals surface area contributed by atoms with Gasteiger partial charge in [0.1, 0.15) is 0 Å². The van der Waals surface area contributed by atoms with Crippen LogP contribution in [0.15, 0.2) is 200 Å². The first-order valence-corrected chi connectivity index (χ1v) is 20.0. The molecule has 1 aliphatic rings. The Morgan fingerprint density at radius 1 is 0.386 bits per heavy atom. The van der Waals surface area contributed by atoms with E-state index >= 15 is 0 Å². The number of nitrogens with zero attached hydrogens (tertiary/aromatic N) is 2. The maximum Gasteiger partial charge on any atom is 0.0541 e. The van der Waals surface area contributed by atoms with Crippen LogP contribution in [0.3, 0.4) is 0 Å². The summed E-state index contributed by atoms with van der Waals surface area (Å²) in [6.07, 6.45) is 5.70. The number of para-hydroxylation sites is 3. The molecule has 0 amide bonds. The first-order valence-electron chi connectivity index (χ1n) is 20.0. The number of hydrogen-bond acceptors (Lipinski definition) is 0. The zero-order valence-electron chi connectivity index (χ0n) is 31.8. The van der Waals surface area contributed by atoms with E-state index in [2.05, 4.69) is 222 Å². The highest BCUT2D eigenvalue weighted by molar-refractivity contribution is 6.09. The smallest absolute Gasteiger partial charge is 0.0541 e. The second kappa shape index (κ2) is 13.5. The van der Waals surface area contributed by atoms with Crippen LogP contribution < -0.4 is 0 Å². The van der Waals surface area contributed by atoms with Gasteiger partial charge in [-0.1, -0.05) is 165 Å². The van der Waals surface area contributed by atoms with Gasteiger partial charge in [-0.15, -0.1) is 0 Å². The Morgan fingerprint density at radius 3 is 1.56 bits per heavy atom. The van der Waals surface area contributed by atoms with E-state index < -0.39 is 0 Å². The molecule has 0 N–H and O–H groups in total. The summed E-state index contributed by atoms with van der Waals surface area (Å²) in [4.78, 5) is 0. The molecule has 0 bridgehead atoms. The van der Waals surface area contributed by atoms with Crippen LogP contribution in [0.2, 0.25) is 0 Å². The van der Waals surface area contributed by atoms with E-state index in [1.807, 2.05) is 0 Å². The standard InChI is InChI=1S/C55H40N2/c1-37-14-13-22-50-49-21-9-12-25-54(49)57(55(37)50)43-33-28-40(29-34-43)51-36-41(30-35-46(51)45-18-6-5-17-44(45)39-15-3-2-4-16-39)38-26-31-42(32-27-38)56-52-23-10-7-19-47(52)48-20-8-11-24-53(48)56/h2-13,15-37H,14H2,1H3. The molecule has 0 fully saturated rings. The molecule has 270 valence electrons. The van der Waals surface area contributed by atoms with Gasteiger partial charge in [0.25, 0.3) is 0 Å². The van der Waals surface area contributed by atoms with E-state index in [0.29, 0.717) is 5.92 Å². The van der Waals surface area contributed by atoms with Crippen LogP contribution in [0.4, 0.5) is 0 Å². The summed E-state index contributed by atoms with van der Waals surface area (Å²) in [5.41, 5.74) is 18.5. The molecular formula is C55H40N2. The number of hydrogen-bond donors (Lipinski definition) is 0. The lowest BCUT2D eigenvalue weighted by Gasteiger charge is -2.20. The van der Waals surface area contributed by atoms with Gasteiger partial charge in [-0.25, -0.2) is 0 Å². The maximum atomic E-state index is 2.49. The molecule has 11 rings (SSSR count). The second-order valence-corrected chi connectivity index (χ2v) is 15.3. The third-order valence-corrected chi connectivity index (χ3v) is 12.0. The molecule has 0 saturated carbocycles. The van der Waals surface area contributed by atoms with Crippen LogP contribution >= 0.6 is 0 Å². The molecule has 0 radical (unpaired) electrons. The lowest BCUT2D eigenvalue weighted by Crippen LogP contribution is -2.06. The SMILES string of the molecule is CC1CC=Cc2c1n(-c1ccc(-c3cc(-c4ccc(-n5c6ccccc6c6ccccc65)cc4)ccc3-c3ccccc3-c3ccccc3)cc1)c1ccccc21. The molecule has 0 aliphatic heterocycles. The molecule has 10 aromatic rings. The van der Waals surface area contributed by atoms with E-state index in [0.717, 1.165) is 12.1 Å². The van der Waals surface area contributed by atoms with Crippen molar-refractivity contribution in [3.63, 3.8) is 0 Å². The zero-order valence-corrected chi connectivity index (χ0v) is 31.8. The normalized spacial score (nSPS) is 13.7. The highest BCUT2D eigenvalue weighted by Crippen LogP contribution is 2.43. The van der Waals surface area contributed by atoms with Gasteiger partial charge in [-0.3, -0.25) is 0 Å². The van der Waals surface area contributed by atoms with Crippen LogP contribution in [0.5, 0.6) is 0 Å². The van der Waals surface area contributed by atoms with Gasteiger partial charge in [0.2, 0.25) is 0 Å². The van der Waals surface area contributed by atoms with Crippen molar-refractivity contribution in [3.8, 4) is 55.9 Å². The molecule has 2 nitrogen and oxygen atoms in total. The van der Waals surface area contributed by atoms with Crippen molar-refractivity contribution >= 4 is 38.8 Å². The monoisotopic (exact) mass is 728 g/mol. The third kappa shape index (κ3) is 5.48. The summed E-state index contributed by atoms with van der Waals surface area (Å²) < 4.78 is 4.87. The van der Waals surface area contributed by atoms with Crippen LogP contribution in [0.25, 0.3) is 94.7 Å². The first-order chi connectivity index (χ1) is 28.2. The van der Waals surface area contributed by atoms with E-state index in [1.165, 1.54) is 94.2 Å². The predicted octanol–water partition coefficient (Wildman–Crippen LogP) is 14.9. The lowest BCUT2D eigenvalue weighted by molar-refractivity contribution is 0.723. The summed E-state index contributed by atoms with van der Waals surface area (Å²) >= 11 is 0. The fourth-order valence-corrected chi connectivity index (χ4v) is 9.30. The van der Waals surface area contributed by atoms with Gasteiger partial charge in [0, 0.05) is 44.7 Å². The van der Waals surface area contributed by atoms with E-state index in [-0.39, 0.29) is 0 Å². The number of fused-ring (bicyclic) bond motifs is 6. The Balaban J connectivity index is 1.05. The summed E-state index contributed by atoms with van der Waals surface area (Å²) in [7, 11) is 0. The molecule has 1 unspecified atom stereocenters. The van der Waals surface area contributed by atoms with E-state index in [1.54, 1.807) is 0 Å². The molecule has 0 spiro atoms. The minimum absolute atomic E-state index is 0.441. The van der Waals surface area contributed by atoms with Crippen molar-refractivity contribution in [1.29, 1.82) is 0 Å². The Hall–Kier alpha value is -7.16. The fraction of sp³-hybridized carbons (Fsp3) is 0.0545. The van der Waals surface area contributed by atoms with Crippen molar-refractivity contribution < 1.29 is 0 Å². The topological polar surface area (TPSA) is 9.86 Å². The number of allylic oxidation sites excluding steroid dienone is 1. The van der Waals surface area contributed by atoms with Gasteiger partial charge in [0.05, 0.1) is 16.6 Å². The molecule has 1 atom stereocenters. The van der Waals surface area contributed by atoms with Crippen LogP contribution in [-0.2, 0) is 0 Å². The quantitative estimate of drug-likeness (QED) is 0.161. The Kier molecular flexibility index (Phi) is 7.89. The third-order valence-electron chi connectivity index (χ3n) is 12.0. The van der Waals surface area contributed by atoms with Crippen molar-refractivity contribution in [2.75, 3.05) is 0 Å². The largest absolute Gasteiger partial charge is 0.313 e. The molecule has 2 heteroatoms. The average Bonchev–Trinajstić information content (AvgIpc) is 3.81. The zero-order chi connectivity index (χ0) is 37.9. The van der Waals surface area contributed by atoms with E-state index in [9.17, 15) is 0 Å². The minimum Gasteiger partial charge on any atom is -0.313 e. The molecule has 2 aromatic heterocycles. The predicted molar refractivity (Wildman–Crippen MR) is 241 cm³/mol. The summed E-state index contributed by atoms with van der Waals surface area (Å²) in [6.45, 7) is 2.35. The summed E-state index contributed by atoms with van der Waals surface area (Å²) in [5, 5.41) is 3.86. The highest BCUT2D eigenvalue weighted by atomic mass is 15.0. The Morgan fingerprint density at radius 2 is 0.877 bits per heavy atom. The van der Waals surface area contributed by atoms with E-state index in [4.69, 9.17) is 0 Å². The Labute approximate surface area is 333 Å². The van der Waals surface area contributed by atoms with Gasteiger partial charge < -0.3 is 9.13 Å². The highest BCUT2D eigenvalue weighted by Gasteiger charge is 2.23. The molecule has 1 aliphatic carbocycles. The van der Waals surface area contributed by atoms with Crippen LogP contribution in [0.1, 0.15) is 30.5 Å². The van der Waals surface area contributed by atoms with Crippen molar-refractivity contribution in [2.45, 2.75) is 19.3 Å². The van der Waals surface area contributed by atoms with Gasteiger partial charge in [-0.05, 0) is 99.5 Å².